The Labute approximate surface area is 189 Å². The molecule has 0 atom stereocenters. The molecule has 0 bridgehead atoms. The van der Waals surface area contributed by atoms with E-state index in [0.29, 0.717) is 11.7 Å². The van der Waals surface area contributed by atoms with Crippen molar-refractivity contribution in [2.45, 2.75) is 33.7 Å². The van der Waals surface area contributed by atoms with E-state index in [4.69, 9.17) is 12.2 Å². The molecule has 2 aromatic heterocycles. The molecule has 31 heavy (non-hydrogen) atoms. The van der Waals surface area contributed by atoms with Gasteiger partial charge in [-0.15, -0.1) is 0 Å². The number of thiocarbonyl (C=S) groups is 1. The van der Waals surface area contributed by atoms with E-state index in [0.717, 1.165) is 24.3 Å². The van der Waals surface area contributed by atoms with Gasteiger partial charge in [-0.05, 0) is 86.4 Å². The molecule has 0 spiro atoms. The normalized spacial score (nSPS) is 10.9. The molecule has 158 valence electrons. The first-order valence-corrected chi connectivity index (χ1v) is 11.0. The number of benzene rings is 2. The number of pyridine rings is 1. The average molecular weight is 429 g/mol. The smallest absolute Gasteiger partial charge is 0.173 e. The fourth-order valence-electron chi connectivity index (χ4n) is 4.09. The second kappa shape index (κ2) is 9.31. The van der Waals surface area contributed by atoms with Gasteiger partial charge in [0.15, 0.2) is 5.11 Å². The van der Waals surface area contributed by atoms with Crippen molar-refractivity contribution in [1.82, 2.24) is 14.9 Å². The number of H-pyrrole nitrogens is 1. The van der Waals surface area contributed by atoms with Crippen LogP contribution in [0.15, 0.2) is 66.9 Å². The van der Waals surface area contributed by atoms with Gasteiger partial charge in [-0.1, -0.05) is 30.3 Å². The van der Waals surface area contributed by atoms with Gasteiger partial charge in [-0.2, -0.15) is 0 Å². The highest BCUT2D eigenvalue weighted by Gasteiger charge is 2.15. The van der Waals surface area contributed by atoms with E-state index in [2.05, 4.69) is 83.4 Å². The lowest BCUT2D eigenvalue weighted by molar-refractivity contribution is 0.417. The van der Waals surface area contributed by atoms with Gasteiger partial charge >= 0.3 is 0 Å². The fraction of sp³-hybridized carbons (Fsp3) is 0.231. The van der Waals surface area contributed by atoms with E-state index in [9.17, 15) is 0 Å². The largest absolute Gasteiger partial charge is 0.358 e. The third-order valence-corrected chi connectivity index (χ3v) is 5.86. The quantitative estimate of drug-likeness (QED) is 0.374. The van der Waals surface area contributed by atoms with Gasteiger partial charge in [-0.3, -0.25) is 4.98 Å². The zero-order valence-corrected chi connectivity index (χ0v) is 19.1. The minimum Gasteiger partial charge on any atom is -0.358 e. The molecule has 4 aromatic rings. The van der Waals surface area contributed by atoms with Crippen LogP contribution in [0.3, 0.4) is 0 Å². The molecule has 0 saturated carbocycles. The van der Waals surface area contributed by atoms with Crippen LogP contribution in [-0.4, -0.2) is 26.5 Å². The summed E-state index contributed by atoms with van der Waals surface area (Å²) in [7, 11) is 0. The molecule has 0 fully saturated rings. The molecule has 0 aliphatic heterocycles. The van der Waals surface area contributed by atoms with Crippen LogP contribution in [0.5, 0.6) is 0 Å². The maximum absolute atomic E-state index is 5.85. The summed E-state index contributed by atoms with van der Waals surface area (Å²) in [6, 6.07) is 20.9. The Balaban J connectivity index is 1.56. The minimum atomic E-state index is 0.666. The van der Waals surface area contributed by atoms with Gasteiger partial charge in [0, 0.05) is 35.0 Å². The lowest BCUT2D eigenvalue weighted by Gasteiger charge is -2.26. The highest BCUT2D eigenvalue weighted by molar-refractivity contribution is 7.80. The maximum Gasteiger partial charge on any atom is 0.173 e. The van der Waals surface area contributed by atoms with Crippen molar-refractivity contribution < 1.29 is 0 Å². The Kier molecular flexibility index (Phi) is 6.33. The number of hydrogen-bond acceptors (Lipinski definition) is 2. The molecule has 0 amide bonds. The molecule has 2 N–H and O–H groups in total. The molecule has 2 aromatic carbocycles. The lowest BCUT2D eigenvalue weighted by Crippen LogP contribution is -2.36. The second-order valence-electron chi connectivity index (χ2n) is 8.07. The van der Waals surface area contributed by atoms with E-state index in [1.54, 1.807) is 0 Å². The summed E-state index contributed by atoms with van der Waals surface area (Å²) in [5.41, 5.74) is 8.21. The number of nitrogens with one attached hydrogen (secondary N) is 2. The topological polar surface area (TPSA) is 44.0 Å². The summed E-state index contributed by atoms with van der Waals surface area (Å²) in [4.78, 5) is 10.2. The monoisotopic (exact) mass is 428 g/mol. The first-order chi connectivity index (χ1) is 15.0. The van der Waals surface area contributed by atoms with Gasteiger partial charge in [0.2, 0.25) is 0 Å². The van der Waals surface area contributed by atoms with Gasteiger partial charge in [-0.25, -0.2) is 0 Å². The number of aromatic amines is 1. The summed E-state index contributed by atoms with van der Waals surface area (Å²) in [5, 5.41) is 5.45. The Bertz CT molecular complexity index is 1180. The molecule has 0 radical (unpaired) electrons. The average Bonchev–Trinajstić information content (AvgIpc) is 3.06. The van der Waals surface area contributed by atoms with Crippen LogP contribution in [0, 0.1) is 20.8 Å². The van der Waals surface area contributed by atoms with E-state index in [1.165, 1.54) is 33.3 Å². The summed E-state index contributed by atoms with van der Waals surface area (Å²) >= 11 is 5.85. The molecular formula is C26H28N4S. The van der Waals surface area contributed by atoms with Crippen molar-refractivity contribution >= 4 is 33.9 Å². The molecular weight excluding hydrogens is 400 g/mol. The van der Waals surface area contributed by atoms with Crippen LogP contribution < -0.4 is 5.32 Å². The SMILES string of the molecule is Cc1cc(C)cc(NC(=S)N(CCc2c(C)[nH]c3ccccc23)Cc2ccccn2)c1. The Morgan fingerprint density at radius 1 is 1.00 bits per heavy atom. The highest BCUT2D eigenvalue weighted by Crippen LogP contribution is 2.23. The Morgan fingerprint density at radius 2 is 1.74 bits per heavy atom. The van der Waals surface area contributed by atoms with Crippen molar-refractivity contribution in [3.8, 4) is 0 Å². The molecule has 2 heterocycles. The van der Waals surface area contributed by atoms with Gasteiger partial charge in [0.05, 0.1) is 12.2 Å². The highest BCUT2D eigenvalue weighted by atomic mass is 32.1. The molecule has 0 aliphatic rings. The number of para-hydroxylation sites is 1. The molecule has 4 rings (SSSR count). The van der Waals surface area contributed by atoms with Crippen LogP contribution >= 0.6 is 12.2 Å². The molecule has 0 aliphatic carbocycles. The molecule has 4 nitrogen and oxygen atoms in total. The number of anilines is 1. The molecule has 5 heteroatoms. The van der Waals surface area contributed by atoms with Crippen molar-refractivity contribution in [3.05, 3.63) is 94.9 Å². The Morgan fingerprint density at radius 3 is 2.48 bits per heavy atom. The predicted octanol–water partition coefficient (Wildman–Crippen LogP) is 5.93. The summed E-state index contributed by atoms with van der Waals surface area (Å²) in [5.74, 6) is 0. The van der Waals surface area contributed by atoms with E-state index in [1.807, 2.05) is 24.4 Å². The zero-order chi connectivity index (χ0) is 21.8. The van der Waals surface area contributed by atoms with Crippen LogP contribution in [-0.2, 0) is 13.0 Å². The van der Waals surface area contributed by atoms with Crippen molar-refractivity contribution in [1.29, 1.82) is 0 Å². The molecule has 0 unspecified atom stereocenters. The standard InChI is InChI=1S/C26H28N4S/c1-18-14-19(2)16-22(15-18)29-26(31)30(17-21-8-6-7-12-27-21)13-11-23-20(3)28-25-10-5-4-9-24(23)25/h4-10,12,14-16,28H,11,13,17H2,1-3H3,(H,29,31). The number of fused-ring (bicyclic) bond motifs is 1. The van der Waals surface area contributed by atoms with Crippen molar-refractivity contribution in [2.75, 3.05) is 11.9 Å². The van der Waals surface area contributed by atoms with Gasteiger partial charge in [0.25, 0.3) is 0 Å². The fourth-order valence-corrected chi connectivity index (χ4v) is 4.37. The third-order valence-electron chi connectivity index (χ3n) is 5.50. The van der Waals surface area contributed by atoms with Crippen molar-refractivity contribution in [2.24, 2.45) is 0 Å². The first-order valence-electron chi connectivity index (χ1n) is 10.6. The second-order valence-corrected chi connectivity index (χ2v) is 8.46. The number of aryl methyl sites for hydroxylation is 3. The summed E-state index contributed by atoms with van der Waals surface area (Å²) in [6.45, 7) is 7.82. The number of hydrogen-bond donors (Lipinski definition) is 2. The zero-order valence-electron chi connectivity index (χ0n) is 18.3. The van der Waals surface area contributed by atoms with E-state index in [-0.39, 0.29) is 0 Å². The summed E-state index contributed by atoms with van der Waals surface area (Å²) in [6.07, 6.45) is 2.73. The van der Waals surface area contributed by atoms with Crippen LogP contribution in [0.25, 0.3) is 10.9 Å². The van der Waals surface area contributed by atoms with Gasteiger partial charge in [0.1, 0.15) is 0 Å². The van der Waals surface area contributed by atoms with E-state index < -0.39 is 0 Å². The molecule has 0 saturated heterocycles. The van der Waals surface area contributed by atoms with Crippen molar-refractivity contribution in [3.63, 3.8) is 0 Å². The number of rotatable bonds is 6. The number of nitrogens with zero attached hydrogens (tertiary/aromatic N) is 2. The lowest BCUT2D eigenvalue weighted by atomic mass is 10.1. The third kappa shape index (κ3) is 5.12. The maximum atomic E-state index is 5.85. The van der Waals surface area contributed by atoms with Gasteiger partial charge < -0.3 is 15.2 Å². The Hall–Kier alpha value is -3.18. The minimum absolute atomic E-state index is 0.666. The van der Waals surface area contributed by atoms with Crippen LogP contribution in [0.4, 0.5) is 5.69 Å². The predicted molar refractivity (Wildman–Crippen MR) is 134 cm³/mol. The number of aromatic nitrogens is 2. The first kappa shape index (κ1) is 21.1. The summed E-state index contributed by atoms with van der Waals surface area (Å²) < 4.78 is 0. The van der Waals surface area contributed by atoms with Crippen LogP contribution in [0.2, 0.25) is 0 Å². The van der Waals surface area contributed by atoms with E-state index >= 15 is 0 Å². The van der Waals surface area contributed by atoms with Crippen LogP contribution in [0.1, 0.15) is 28.1 Å².